The standard InChI is InChI=1S/C24H27F2N5O2/c1-15-12-24(14-33-15)8-10-31(11-9-24)23-18(13-25)27-21-17(29-30-22(21)28-23)7-6-16-4-3-5-19(32-2)20(16)26/h3-5,15,23H,8-14H2,1-2H3,(H2,28,29,30)/t15-,23?/m0/s1. The number of ether oxygens (including phenoxy) is 2. The fraction of sp³-hybridized carbons (Fsp3) is 0.500. The van der Waals surface area contributed by atoms with Gasteiger partial charge in [0, 0.05) is 13.1 Å². The van der Waals surface area contributed by atoms with Gasteiger partial charge in [-0.2, -0.15) is 5.10 Å². The van der Waals surface area contributed by atoms with E-state index >= 15 is 0 Å². The molecule has 0 saturated carbocycles. The lowest BCUT2D eigenvalue weighted by Crippen LogP contribution is -2.53. The van der Waals surface area contributed by atoms with Crippen molar-refractivity contribution >= 4 is 17.2 Å². The third-order valence-corrected chi connectivity index (χ3v) is 6.85. The van der Waals surface area contributed by atoms with Gasteiger partial charge in [-0.1, -0.05) is 12.0 Å². The molecule has 9 heteroatoms. The number of nitrogens with one attached hydrogen (secondary N) is 2. The van der Waals surface area contributed by atoms with Crippen molar-refractivity contribution in [2.24, 2.45) is 10.4 Å². The average Bonchev–Trinajstić information content (AvgIpc) is 3.40. The molecule has 0 amide bonds. The zero-order valence-corrected chi connectivity index (χ0v) is 18.8. The number of methoxy groups -OCH3 is 1. The number of rotatable bonds is 3. The first-order valence-corrected chi connectivity index (χ1v) is 11.2. The van der Waals surface area contributed by atoms with Gasteiger partial charge >= 0.3 is 0 Å². The molecule has 0 aliphatic carbocycles. The van der Waals surface area contributed by atoms with E-state index in [2.05, 4.69) is 44.2 Å². The number of aliphatic imine (C=N–C) groups is 1. The number of halogens is 2. The first-order chi connectivity index (χ1) is 16.0. The number of hydrogen-bond donors (Lipinski definition) is 2. The van der Waals surface area contributed by atoms with Gasteiger partial charge in [0.1, 0.15) is 24.2 Å². The van der Waals surface area contributed by atoms with E-state index < -0.39 is 12.5 Å². The first-order valence-electron chi connectivity index (χ1n) is 11.2. The van der Waals surface area contributed by atoms with Gasteiger partial charge in [0.25, 0.3) is 0 Å². The van der Waals surface area contributed by atoms with Crippen molar-refractivity contribution in [2.45, 2.75) is 38.5 Å². The SMILES string of the molecule is COc1cccc(C#Cc2[nH]nc3c2N=C(CF)C(N2CCC4(CC2)CO[C@@H](C)C4)N3)c1F. The van der Waals surface area contributed by atoms with Crippen LogP contribution in [-0.4, -0.2) is 66.6 Å². The van der Waals surface area contributed by atoms with Crippen molar-refractivity contribution in [3.05, 3.63) is 35.3 Å². The van der Waals surface area contributed by atoms with Crippen molar-refractivity contribution in [1.29, 1.82) is 0 Å². The maximum absolute atomic E-state index is 14.4. The van der Waals surface area contributed by atoms with Crippen LogP contribution in [0.5, 0.6) is 5.75 Å². The molecule has 1 unspecified atom stereocenters. The summed E-state index contributed by atoms with van der Waals surface area (Å²) in [5, 5.41) is 10.5. The Balaban J connectivity index is 1.35. The normalized spacial score (nSPS) is 23.9. The number of nitrogens with zero attached hydrogens (tertiary/aromatic N) is 3. The van der Waals surface area contributed by atoms with E-state index in [0.29, 0.717) is 29.0 Å². The number of likely N-dealkylation sites (tertiary alicyclic amines) is 1. The van der Waals surface area contributed by atoms with Crippen molar-refractivity contribution in [2.75, 3.05) is 38.8 Å². The summed E-state index contributed by atoms with van der Waals surface area (Å²) in [7, 11) is 1.40. The Bertz CT molecular complexity index is 1130. The molecular weight excluding hydrogens is 428 g/mol. The van der Waals surface area contributed by atoms with E-state index in [0.717, 1.165) is 39.0 Å². The molecule has 0 bridgehead atoms. The molecule has 1 aromatic heterocycles. The van der Waals surface area contributed by atoms with Gasteiger partial charge in [0.2, 0.25) is 0 Å². The Hall–Kier alpha value is -2.96. The maximum atomic E-state index is 14.4. The lowest BCUT2D eigenvalue weighted by Gasteiger charge is -2.42. The summed E-state index contributed by atoms with van der Waals surface area (Å²) in [6, 6.07) is 4.77. The van der Waals surface area contributed by atoms with Gasteiger partial charge in [0.15, 0.2) is 17.4 Å². The molecule has 2 N–H and O–H groups in total. The molecule has 2 aromatic rings. The van der Waals surface area contributed by atoms with Gasteiger partial charge in [-0.25, -0.2) is 13.8 Å². The fourth-order valence-electron chi connectivity index (χ4n) is 5.00. The van der Waals surface area contributed by atoms with Crippen molar-refractivity contribution in [3.8, 4) is 17.6 Å². The second kappa shape index (κ2) is 8.76. The van der Waals surface area contributed by atoms with Gasteiger partial charge in [0.05, 0.1) is 31.1 Å². The van der Waals surface area contributed by atoms with Crippen LogP contribution in [0, 0.1) is 23.1 Å². The predicted octanol–water partition coefficient (Wildman–Crippen LogP) is 3.64. The molecule has 3 aliphatic rings. The number of aromatic amines is 1. The fourth-order valence-corrected chi connectivity index (χ4v) is 5.00. The topological polar surface area (TPSA) is 74.8 Å². The van der Waals surface area contributed by atoms with Crippen LogP contribution in [0.15, 0.2) is 23.2 Å². The number of anilines is 1. The largest absolute Gasteiger partial charge is 0.494 e. The molecule has 1 spiro atoms. The van der Waals surface area contributed by atoms with Gasteiger partial charge in [-0.15, -0.1) is 0 Å². The monoisotopic (exact) mass is 455 g/mol. The van der Waals surface area contributed by atoms with E-state index in [4.69, 9.17) is 9.47 Å². The van der Waals surface area contributed by atoms with Crippen LogP contribution in [0.2, 0.25) is 0 Å². The minimum atomic E-state index is -0.679. The number of hydrogen-bond acceptors (Lipinski definition) is 6. The van der Waals surface area contributed by atoms with E-state index in [1.54, 1.807) is 12.1 Å². The quantitative estimate of drug-likeness (QED) is 0.692. The highest BCUT2D eigenvalue weighted by atomic mass is 19.1. The van der Waals surface area contributed by atoms with Crippen LogP contribution >= 0.6 is 0 Å². The first kappa shape index (κ1) is 21.9. The minimum absolute atomic E-state index is 0.123. The number of aromatic nitrogens is 2. The summed E-state index contributed by atoms with van der Waals surface area (Å²) in [4.78, 5) is 6.77. The average molecular weight is 456 g/mol. The molecule has 174 valence electrons. The van der Waals surface area contributed by atoms with E-state index in [9.17, 15) is 8.78 Å². The Labute approximate surface area is 191 Å². The molecule has 7 nitrogen and oxygen atoms in total. The molecule has 33 heavy (non-hydrogen) atoms. The van der Waals surface area contributed by atoms with Crippen LogP contribution in [-0.2, 0) is 4.74 Å². The lowest BCUT2D eigenvalue weighted by molar-refractivity contribution is 0.0654. The molecule has 1 aromatic carbocycles. The molecule has 5 rings (SSSR count). The molecule has 0 radical (unpaired) electrons. The summed E-state index contributed by atoms with van der Waals surface area (Å²) in [5.74, 6) is 5.78. The molecular formula is C24H27F2N5O2. The van der Waals surface area contributed by atoms with Crippen molar-refractivity contribution in [3.63, 3.8) is 0 Å². The highest BCUT2D eigenvalue weighted by Crippen LogP contribution is 2.43. The van der Waals surface area contributed by atoms with Crippen LogP contribution in [0.25, 0.3) is 0 Å². The van der Waals surface area contributed by atoms with Crippen LogP contribution in [0.3, 0.4) is 0 Å². The van der Waals surface area contributed by atoms with Crippen LogP contribution in [0.1, 0.15) is 37.4 Å². The Morgan fingerprint density at radius 3 is 2.82 bits per heavy atom. The van der Waals surface area contributed by atoms with Gasteiger partial charge < -0.3 is 14.8 Å². The summed E-state index contributed by atoms with van der Waals surface area (Å²) in [6.07, 6.45) is 3.09. The third kappa shape index (κ3) is 4.09. The molecule has 4 heterocycles. The van der Waals surface area contributed by atoms with Crippen molar-refractivity contribution < 1.29 is 18.3 Å². The van der Waals surface area contributed by atoms with Gasteiger partial charge in [-0.05, 0) is 49.7 Å². The minimum Gasteiger partial charge on any atom is -0.494 e. The number of benzene rings is 1. The zero-order valence-electron chi connectivity index (χ0n) is 18.8. The second-order valence-corrected chi connectivity index (χ2v) is 9.01. The summed E-state index contributed by atoms with van der Waals surface area (Å²) in [6.45, 7) is 3.94. The highest BCUT2D eigenvalue weighted by Gasteiger charge is 2.43. The molecule has 2 atom stereocenters. The molecule has 3 aliphatic heterocycles. The smallest absolute Gasteiger partial charge is 0.180 e. The number of fused-ring (bicyclic) bond motifs is 1. The van der Waals surface area contributed by atoms with Crippen LogP contribution in [0.4, 0.5) is 20.3 Å². The molecule has 2 saturated heterocycles. The summed E-state index contributed by atoms with van der Waals surface area (Å²) < 4.78 is 39.2. The summed E-state index contributed by atoms with van der Waals surface area (Å²) >= 11 is 0. The van der Waals surface area contributed by atoms with Crippen molar-refractivity contribution in [1.82, 2.24) is 15.1 Å². The number of piperidine rings is 1. The Morgan fingerprint density at radius 1 is 1.30 bits per heavy atom. The van der Waals surface area contributed by atoms with E-state index in [1.807, 2.05) is 0 Å². The number of alkyl halides is 1. The predicted molar refractivity (Wildman–Crippen MR) is 121 cm³/mol. The second-order valence-electron chi connectivity index (χ2n) is 9.01. The lowest BCUT2D eigenvalue weighted by atomic mass is 9.76. The van der Waals surface area contributed by atoms with Crippen LogP contribution < -0.4 is 10.1 Å². The maximum Gasteiger partial charge on any atom is 0.180 e. The third-order valence-electron chi connectivity index (χ3n) is 6.85. The van der Waals surface area contributed by atoms with Gasteiger partial charge in [-0.3, -0.25) is 10.00 Å². The Kier molecular flexibility index (Phi) is 5.81. The van der Waals surface area contributed by atoms with E-state index in [-0.39, 0.29) is 22.9 Å². The van der Waals surface area contributed by atoms with E-state index in [1.165, 1.54) is 13.2 Å². The number of H-pyrrole nitrogens is 1. The summed E-state index contributed by atoms with van der Waals surface area (Å²) in [5.41, 5.74) is 1.68. The molecule has 2 fully saturated rings. The zero-order chi connectivity index (χ0) is 23.0. The Morgan fingerprint density at radius 2 is 2.12 bits per heavy atom. The highest BCUT2D eigenvalue weighted by molar-refractivity contribution is 5.98.